The molecule has 4 nitrogen and oxygen atoms in total. The van der Waals surface area contributed by atoms with Gasteiger partial charge in [-0.3, -0.25) is 4.57 Å². The average Bonchev–Trinajstić information content (AvgIpc) is 3.50. The van der Waals surface area contributed by atoms with Gasteiger partial charge in [0.2, 0.25) is 0 Å². The first-order valence-corrected chi connectivity index (χ1v) is 15.4. The normalized spacial score (nSPS) is 11.8. The molecule has 0 fully saturated rings. The Bertz CT molecular complexity index is 2600. The van der Waals surface area contributed by atoms with E-state index in [1.165, 1.54) is 21.5 Å². The largest absolute Gasteiger partial charge is 0.296 e. The van der Waals surface area contributed by atoms with Crippen LogP contribution in [0, 0.1) is 0 Å². The first-order valence-electron chi connectivity index (χ1n) is 15.4. The highest BCUT2D eigenvalue weighted by atomic mass is 15.1. The number of hydrogen-bond donors (Lipinski definition) is 0. The lowest BCUT2D eigenvalue weighted by molar-refractivity contribution is 0.908. The molecule has 0 aliphatic rings. The summed E-state index contributed by atoms with van der Waals surface area (Å²) in [7, 11) is 0. The average molecular weight is 577 g/mol. The molecular weight excluding hydrogens is 548 g/mol. The Labute approximate surface area is 260 Å². The zero-order valence-electron chi connectivity index (χ0n) is 24.8. The summed E-state index contributed by atoms with van der Waals surface area (Å²) in [5, 5.41) is 7.06. The van der Waals surface area contributed by atoms with Gasteiger partial charge in [0.25, 0.3) is 0 Å². The van der Waals surface area contributed by atoms with Crippen molar-refractivity contribution in [1.29, 1.82) is 0 Å². The van der Waals surface area contributed by atoms with Gasteiger partial charge in [0.1, 0.15) is 5.82 Å². The van der Waals surface area contributed by atoms with Crippen LogP contribution < -0.4 is 0 Å². The SMILES string of the molecule is CCc1nc2ccccc2n1-c1cccc(-c2ccc3ccc4ccc(-c5cc6ccccc6c6ccccc56)nc4c3n2)c1. The molecule has 0 bridgehead atoms. The third-order valence-electron chi connectivity index (χ3n) is 8.91. The van der Waals surface area contributed by atoms with E-state index >= 15 is 0 Å². The van der Waals surface area contributed by atoms with E-state index in [2.05, 4.69) is 145 Å². The fourth-order valence-electron chi connectivity index (χ4n) is 6.75. The number of benzene rings is 6. The molecule has 0 unspecified atom stereocenters. The van der Waals surface area contributed by atoms with Gasteiger partial charge >= 0.3 is 0 Å². The van der Waals surface area contributed by atoms with Crippen LogP contribution in [0.15, 0.2) is 140 Å². The topological polar surface area (TPSA) is 43.6 Å². The van der Waals surface area contributed by atoms with Crippen LogP contribution in [0.3, 0.4) is 0 Å². The van der Waals surface area contributed by atoms with Crippen molar-refractivity contribution in [3.05, 3.63) is 145 Å². The quantitative estimate of drug-likeness (QED) is 0.196. The van der Waals surface area contributed by atoms with Crippen molar-refractivity contribution < 1.29 is 0 Å². The number of pyridine rings is 2. The minimum atomic E-state index is 0.847. The minimum Gasteiger partial charge on any atom is -0.296 e. The van der Waals surface area contributed by atoms with E-state index in [9.17, 15) is 0 Å². The molecule has 4 heteroatoms. The van der Waals surface area contributed by atoms with E-state index in [1.54, 1.807) is 0 Å². The number of hydrogen-bond acceptors (Lipinski definition) is 3. The second-order valence-electron chi connectivity index (χ2n) is 11.5. The van der Waals surface area contributed by atoms with Gasteiger partial charge in [0.15, 0.2) is 0 Å². The molecule has 0 atom stereocenters. The maximum atomic E-state index is 5.31. The second-order valence-corrected chi connectivity index (χ2v) is 11.5. The first-order chi connectivity index (χ1) is 22.2. The highest BCUT2D eigenvalue weighted by Gasteiger charge is 2.14. The smallest absolute Gasteiger partial charge is 0.114 e. The van der Waals surface area contributed by atoms with Crippen molar-refractivity contribution in [1.82, 2.24) is 19.5 Å². The Balaban J connectivity index is 1.22. The van der Waals surface area contributed by atoms with Gasteiger partial charge in [-0.2, -0.15) is 0 Å². The summed E-state index contributed by atoms with van der Waals surface area (Å²) >= 11 is 0. The van der Waals surface area contributed by atoms with E-state index in [4.69, 9.17) is 15.0 Å². The number of aryl methyl sites for hydroxylation is 1. The molecule has 3 aromatic heterocycles. The fraction of sp³-hybridized carbons (Fsp3) is 0.0488. The van der Waals surface area contributed by atoms with Crippen molar-refractivity contribution in [3.63, 3.8) is 0 Å². The zero-order chi connectivity index (χ0) is 29.9. The van der Waals surface area contributed by atoms with Crippen LogP contribution in [0.1, 0.15) is 12.7 Å². The van der Waals surface area contributed by atoms with Gasteiger partial charge in [-0.1, -0.05) is 104 Å². The molecule has 0 saturated heterocycles. The summed E-state index contributed by atoms with van der Waals surface area (Å²) in [5.41, 5.74) is 9.08. The van der Waals surface area contributed by atoms with Crippen LogP contribution in [0.25, 0.3) is 82.6 Å². The summed E-state index contributed by atoms with van der Waals surface area (Å²) in [6.07, 6.45) is 0.847. The summed E-state index contributed by atoms with van der Waals surface area (Å²) in [6, 6.07) is 49.3. The number of nitrogens with zero attached hydrogens (tertiary/aromatic N) is 4. The summed E-state index contributed by atoms with van der Waals surface area (Å²) < 4.78 is 2.26. The van der Waals surface area contributed by atoms with E-state index in [0.717, 1.165) is 73.3 Å². The first kappa shape index (κ1) is 25.6. The maximum Gasteiger partial charge on any atom is 0.114 e. The summed E-state index contributed by atoms with van der Waals surface area (Å²) in [5.74, 6) is 1.05. The lowest BCUT2D eigenvalue weighted by Crippen LogP contribution is -2.00. The Morgan fingerprint density at radius 1 is 0.511 bits per heavy atom. The van der Waals surface area contributed by atoms with Gasteiger partial charge in [0, 0.05) is 34.0 Å². The second kappa shape index (κ2) is 10.1. The molecule has 0 saturated carbocycles. The molecule has 0 aliphatic carbocycles. The molecule has 0 N–H and O–H groups in total. The lowest BCUT2D eigenvalue weighted by atomic mass is 9.95. The highest BCUT2D eigenvalue weighted by Crippen LogP contribution is 2.36. The van der Waals surface area contributed by atoms with Gasteiger partial charge in [-0.15, -0.1) is 0 Å². The van der Waals surface area contributed by atoms with Gasteiger partial charge < -0.3 is 0 Å². The third kappa shape index (κ3) is 4.10. The van der Waals surface area contributed by atoms with E-state index in [0.29, 0.717) is 0 Å². The molecule has 9 aromatic rings. The van der Waals surface area contributed by atoms with Gasteiger partial charge in [-0.05, 0) is 64.0 Å². The Morgan fingerprint density at radius 3 is 2.00 bits per heavy atom. The molecule has 6 aromatic carbocycles. The number of para-hydroxylation sites is 2. The summed E-state index contributed by atoms with van der Waals surface area (Å²) in [4.78, 5) is 15.5. The predicted molar refractivity (Wildman–Crippen MR) is 187 cm³/mol. The Kier molecular flexibility index (Phi) is 5.75. The molecule has 0 aliphatic heterocycles. The number of aromatic nitrogens is 4. The van der Waals surface area contributed by atoms with E-state index < -0.39 is 0 Å². The molecular formula is C41H28N4. The maximum absolute atomic E-state index is 5.31. The van der Waals surface area contributed by atoms with E-state index in [-0.39, 0.29) is 0 Å². The van der Waals surface area contributed by atoms with Crippen LogP contribution in [0.2, 0.25) is 0 Å². The van der Waals surface area contributed by atoms with Crippen LogP contribution in [-0.2, 0) is 6.42 Å². The molecule has 0 spiro atoms. The molecule has 45 heavy (non-hydrogen) atoms. The van der Waals surface area contributed by atoms with Crippen LogP contribution >= 0.6 is 0 Å². The molecule has 3 heterocycles. The van der Waals surface area contributed by atoms with Crippen molar-refractivity contribution >= 4 is 54.4 Å². The molecule has 0 amide bonds. The Hall–Kier alpha value is -5.87. The minimum absolute atomic E-state index is 0.847. The van der Waals surface area contributed by atoms with Crippen molar-refractivity contribution in [2.24, 2.45) is 0 Å². The summed E-state index contributed by atoms with van der Waals surface area (Å²) in [6.45, 7) is 2.15. The number of fused-ring (bicyclic) bond motifs is 7. The van der Waals surface area contributed by atoms with Gasteiger partial charge in [-0.25, -0.2) is 15.0 Å². The molecule has 9 rings (SSSR count). The lowest BCUT2D eigenvalue weighted by Gasteiger charge is -2.12. The van der Waals surface area contributed by atoms with Crippen LogP contribution in [0.5, 0.6) is 0 Å². The zero-order valence-corrected chi connectivity index (χ0v) is 24.8. The third-order valence-corrected chi connectivity index (χ3v) is 8.91. The van der Waals surface area contributed by atoms with Crippen molar-refractivity contribution in [2.45, 2.75) is 13.3 Å². The fourth-order valence-corrected chi connectivity index (χ4v) is 6.75. The standard InChI is InChI=1S/C41H28N4/c1-2-39-42-37-16-7-8-17-38(37)45(39)30-12-9-11-29(24-30)35-22-20-26-18-19-27-21-23-36(44-41(27)40(26)43-35)34-25-28-10-3-4-13-31(28)32-14-5-6-15-33(32)34/h3-25H,2H2,1H3. The Morgan fingerprint density at radius 2 is 1.18 bits per heavy atom. The monoisotopic (exact) mass is 576 g/mol. The molecule has 212 valence electrons. The number of rotatable bonds is 4. The van der Waals surface area contributed by atoms with Crippen LogP contribution in [0.4, 0.5) is 0 Å². The predicted octanol–water partition coefficient (Wildman–Crippen LogP) is 10.3. The van der Waals surface area contributed by atoms with Crippen molar-refractivity contribution in [2.75, 3.05) is 0 Å². The molecule has 0 radical (unpaired) electrons. The highest BCUT2D eigenvalue weighted by molar-refractivity contribution is 6.14. The van der Waals surface area contributed by atoms with Crippen LogP contribution in [-0.4, -0.2) is 19.5 Å². The van der Waals surface area contributed by atoms with Crippen molar-refractivity contribution in [3.8, 4) is 28.2 Å². The van der Waals surface area contributed by atoms with Gasteiger partial charge in [0.05, 0.1) is 33.5 Å². The van der Waals surface area contributed by atoms with E-state index in [1.807, 2.05) is 6.07 Å². The number of imidazole rings is 1.